The fraction of sp³-hybridized carbons (Fsp3) is 0.412. The molecule has 3 aromatic rings. The molecule has 8 nitrogen and oxygen atoms in total. The number of nitrogens with zero attached hydrogens (tertiary/aromatic N) is 2. The molecule has 0 saturated heterocycles. The third-order valence-electron chi connectivity index (χ3n) is 7.33. The maximum absolute atomic E-state index is 14.0. The molecular weight excluding hydrogens is 562 g/mol. The monoisotopic (exact) mass is 607 g/mol. The van der Waals surface area contributed by atoms with Gasteiger partial charge in [-0.1, -0.05) is 79.2 Å². The zero-order valence-electron chi connectivity index (χ0n) is 26.0. The summed E-state index contributed by atoms with van der Waals surface area (Å²) < 4.78 is 32.6. The molecule has 43 heavy (non-hydrogen) atoms. The van der Waals surface area contributed by atoms with Gasteiger partial charge in [0.15, 0.2) is 0 Å². The molecule has 232 valence electrons. The number of hydrogen-bond acceptors (Lipinski definition) is 5. The summed E-state index contributed by atoms with van der Waals surface area (Å²) >= 11 is 0. The first-order valence-corrected chi connectivity index (χ1v) is 16.8. The molecule has 0 saturated carbocycles. The predicted molar refractivity (Wildman–Crippen MR) is 173 cm³/mol. The first-order valence-electron chi connectivity index (χ1n) is 14.9. The molecule has 2 amide bonds. The molecule has 0 aliphatic carbocycles. The van der Waals surface area contributed by atoms with E-state index in [2.05, 4.69) is 5.32 Å². The molecule has 0 unspecified atom stereocenters. The second-order valence-corrected chi connectivity index (χ2v) is 12.8. The number of amides is 2. The summed E-state index contributed by atoms with van der Waals surface area (Å²) in [7, 11) is -3.65. The largest absolute Gasteiger partial charge is 0.492 e. The lowest BCUT2D eigenvalue weighted by atomic mass is 10.0. The van der Waals surface area contributed by atoms with Gasteiger partial charge in [0.25, 0.3) is 0 Å². The third-order valence-corrected chi connectivity index (χ3v) is 8.51. The Bertz CT molecular complexity index is 1430. The van der Waals surface area contributed by atoms with Crippen molar-refractivity contribution in [2.45, 2.75) is 72.0 Å². The Hall–Kier alpha value is -3.85. The second-order valence-electron chi connectivity index (χ2n) is 10.9. The van der Waals surface area contributed by atoms with Crippen LogP contribution in [0, 0.1) is 6.92 Å². The highest BCUT2D eigenvalue weighted by Gasteiger charge is 2.31. The van der Waals surface area contributed by atoms with Crippen LogP contribution in [0.3, 0.4) is 0 Å². The smallest absolute Gasteiger partial charge is 0.243 e. The van der Waals surface area contributed by atoms with E-state index in [1.807, 2.05) is 82.3 Å². The van der Waals surface area contributed by atoms with Crippen LogP contribution >= 0.6 is 0 Å². The van der Waals surface area contributed by atoms with Crippen LogP contribution in [0.25, 0.3) is 0 Å². The van der Waals surface area contributed by atoms with E-state index in [1.165, 1.54) is 4.31 Å². The van der Waals surface area contributed by atoms with Gasteiger partial charge in [-0.15, -0.1) is 0 Å². The molecule has 3 aromatic carbocycles. The molecule has 0 bridgehead atoms. The Morgan fingerprint density at radius 2 is 1.56 bits per heavy atom. The van der Waals surface area contributed by atoms with E-state index in [0.717, 1.165) is 29.4 Å². The van der Waals surface area contributed by atoms with Crippen molar-refractivity contribution in [1.29, 1.82) is 0 Å². The number of para-hydroxylation sites is 2. The standard InChI is InChI=1S/C34H45N3O5S/c1-6-27(4)35-34(39)31(24-28-14-9-8-10-15-28)36(25-29-21-19-26(3)20-22-29)33(38)18-13-23-37(43(5,40)41)30-16-11-12-17-32(30)42-7-2/h8-12,14-17,19-22,27,31H,6-7,13,18,23-25H2,1-5H3,(H,35,39)/t27-,31+/m0/s1. The highest BCUT2D eigenvalue weighted by Crippen LogP contribution is 2.30. The van der Waals surface area contributed by atoms with Crippen molar-refractivity contribution in [1.82, 2.24) is 10.2 Å². The molecular formula is C34H45N3O5S. The number of sulfonamides is 1. The number of aryl methyl sites for hydroxylation is 1. The van der Waals surface area contributed by atoms with Crippen molar-refractivity contribution in [3.8, 4) is 5.75 Å². The number of nitrogens with one attached hydrogen (secondary N) is 1. The van der Waals surface area contributed by atoms with Crippen molar-refractivity contribution in [3.05, 3.63) is 95.6 Å². The van der Waals surface area contributed by atoms with Crippen LogP contribution in [0.2, 0.25) is 0 Å². The summed E-state index contributed by atoms with van der Waals surface area (Å²) in [6, 6.07) is 23.8. The Morgan fingerprint density at radius 3 is 2.19 bits per heavy atom. The quantitative estimate of drug-likeness (QED) is 0.232. The van der Waals surface area contributed by atoms with Gasteiger partial charge in [0.05, 0.1) is 18.6 Å². The number of rotatable bonds is 16. The second kappa shape index (κ2) is 16.1. The highest BCUT2D eigenvalue weighted by atomic mass is 32.2. The average molecular weight is 608 g/mol. The molecule has 0 heterocycles. The first kappa shape index (κ1) is 33.6. The molecule has 1 N–H and O–H groups in total. The zero-order valence-corrected chi connectivity index (χ0v) is 26.8. The maximum atomic E-state index is 14.0. The van der Waals surface area contributed by atoms with Crippen molar-refractivity contribution >= 4 is 27.5 Å². The summed E-state index contributed by atoms with van der Waals surface area (Å²) in [5.74, 6) is 0.0433. The SMILES string of the molecule is CCOc1ccccc1N(CCCC(=O)N(Cc1ccc(C)cc1)[C@H](Cc1ccccc1)C(=O)N[C@@H](C)CC)S(C)(=O)=O. The van der Waals surface area contributed by atoms with Crippen LogP contribution in [-0.4, -0.2) is 56.6 Å². The number of ether oxygens (including phenoxy) is 1. The molecule has 2 atom stereocenters. The summed E-state index contributed by atoms with van der Waals surface area (Å²) in [6.07, 6.45) is 2.60. The van der Waals surface area contributed by atoms with E-state index in [0.29, 0.717) is 24.5 Å². The van der Waals surface area contributed by atoms with E-state index in [4.69, 9.17) is 4.74 Å². The van der Waals surface area contributed by atoms with E-state index in [1.54, 1.807) is 29.2 Å². The van der Waals surface area contributed by atoms with Crippen LogP contribution in [0.5, 0.6) is 5.75 Å². The molecule has 0 aliphatic heterocycles. The van der Waals surface area contributed by atoms with Crippen LogP contribution in [-0.2, 0) is 32.6 Å². The summed E-state index contributed by atoms with van der Waals surface area (Å²) in [5.41, 5.74) is 3.40. The van der Waals surface area contributed by atoms with E-state index in [-0.39, 0.29) is 43.8 Å². The lowest BCUT2D eigenvalue weighted by molar-refractivity contribution is -0.141. The van der Waals surface area contributed by atoms with Gasteiger partial charge in [0, 0.05) is 32.0 Å². The summed E-state index contributed by atoms with van der Waals surface area (Å²) in [6.45, 7) is 8.53. The van der Waals surface area contributed by atoms with Gasteiger partial charge in [-0.25, -0.2) is 8.42 Å². The zero-order chi connectivity index (χ0) is 31.4. The van der Waals surface area contributed by atoms with E-state index in [9.17, 15) is 18.0 Å². The summed E-state index contributed by atoms with van der Waals surface area (Å²) in [4.78, 5) is 29.3. The van der Waals surface area contributed by atoms with Gasteiger partial charge >= 0.3 is 0 Å². The Kier molecular flexibility index (Phi) is 12.6. The Labute approximate surface area is 257 Å². The maximum Gasteiger partial charge on any atom is 0.243 e. The van der Waals surface area contributed by atoms with Gasteiger partial charge in [-0.2, -0.15) is 0 Å². The highest BCUT2D eigenvalue weighted by molar-refractivity contribution is 7.92. The molecule has 0 aliphatic rings. The van der Waals surface area contributed by atoms with Gasteiger partial charge in [0.1, 0.15) is 11.8 Å². The van der Waals surface area contributed by atoms with Crippen molar-refractivity contribution in [3.63, 3.8) is 0 Å². The first-order chi connectivity index (χ1) is 20.5. The fourth-order valence-corrected chi connectivity index (χ4v) is 5.78. The lowest BCUT2D eigenvalue weighted by Gasteiger charge is -2.33. The van der Waals surface area contributed by atoms with Crippen molar-refractivity contribution in [2.24, 2.45) is 0 Å². The van der Waals surface area contributed by atoms with Crippen LogP contribution in [0.4, 0.5) is 5.69 Å². The van der Waals surface area contributed by atoms with Gasteiger partial charge in [0.2, 0.25) is 21.8 Å². The molecule has 0 spiro atoms. The number of benzene rings is 3. The number of carbonyl (C=O) groups excluding carboxylic acids is 2. The minimum atomic E-state index is -3.65. The van der Waals surface area contributed by atoms with Crippen LogP contribution in [0.15, 0.2) is 78.9 Å². The fourth-order valence-electron chi connectivity index (χ4n) is 4.81. The normalized spacial score (nSPS) is 12.7. The topological polar surface area (TPSA) is 96.0 Å². The minimum Gasteiger partial charge on any atom is -0.492 e. The van der Waals surface area contributed by atoms with Gasteiger partial charge in [-0.3, -0.25) is 13.9 Å². The Balaban J connectivity index is 1.90. The predicted octanol–water partition coefficient (Wildman–Crippen LogP) is 5.49. The Morgan fingerprint density at radius 1 is 0.907 bits per heavy atom. The van der Waals surface area contributed by atoms with Crippen LogP contribution in [0.1, 0.15) is 56.7 Å². The lowest BCUT2D eigenvalue weighted by Crippen LogP contribution is -2.52. The van der Waals surface area contributed by atoms with E-state index < -0.39 is 16.1 Å². The van der Waals surface area contributed by atoms with Gasteiger partial charge in [-0.05, 0) is 56.9 Å². The third kappa shape index (κ3) is 10.1. The van der Waals surface area contributed by atoms with Crippen LogP contribution < -0.4 is 14.4 Å². The molecule has 3 rings (SSSR count). The van der Waals surface area contributed by atoms with E-state index >= 15 is 0 Å². The number of carbonyl (C=O) groups is 2. The molecule has 0 aromatic heterocycles. The molecule has 0 radical (unpaired) electrons. The minimum absolute atomic E-state index is 0.0455. The number of hydrogen-bond donors (Lipinski definition) is 1. The molecule has 0 fully saturated rings. The molecule has 9 heteroatoms. The van der Waals surface area contributed by atoms with Crippen molar-refractivity contribution in [2.75, 3.05) is 23.7 Å². The van der Waals surface area contributed by atoms with Crippen molar-refractivity contribution < 1.29 is 22.7 Å². The number of anilines is 1. The average Bonchev–Trinajstić information content (AvgIpc) is 2.98. The van der Waals surface area contributed by atoms with Gasteiger partial charge < -0.3 is 15.0 Å². The summed E-state index contributed by atoms with van der Waals surface area (Å²) in [5, 5.41) is 3.08.